The predicted molar refractivity (Wildman–Crippen MR) is 106 cm³/mol. The fraction of sp³-hybridized carbons (Fsp3) is 0.350. The molecular formula is C20H22N2O6S. The average Bonchev–Trinajstić information content (AvgIpc) is 3.31. The Bertz CT molecular complexity index is 829. The molecule has 0 saturated carbocycles. The number of hydrogen-bond donors (Lipinski definition) is 0. The van der Waals surface area contributed by atoms with Gasteiger partial charge in [-0.25, -0.2) is 4.79 Å². The molecule has 2 heterocycles. The number of benzene rings is 1. The third-order valence-electron chi connectivity index (χ3n) is 4.42. The molecule has 1 aliphatic rings. The lowest BCUT2D eigenvalue weighted by Crippen LogP contribution is -2.51. The molecule has 0 unspecified atom stereocenters. The molecule has 1 saturated heterocycles. The molecule has 154 valence electrons. The number of carbonyl (C=O) groups is 3. The van der Waals surface area contributed by atoms with Crippen LogP contribution in [0.4, 0.5) is 0 Å². The average molecular weight is 418 g/mol. The molecule has 2 amide bonds. The fourth-order valence-electron chi connectivity index (χ4n) is 2.80. The highest BCUT2D eigenvalue weighted by molar-refractivity contribution is 7.12. The first-order chi connectivity index (χ1) is 14.1. The summed E-state index contributed by atoms with van der Waals surface area (Å²) in [5.74, 6) is 0.254. The maximum atomic E-state index is 12.3. The zero-order valence-corrected chi connectivity index (χ0v) is 16.9. The molecule has 2 aromatic rings. The minimum Gasteiger partial charge on any atom is -0.497 e. The third-order valence-corrected chi connectivity index (χ3v) is 5.28. The van der Waals surface area contributed by atoms with Gasteiger partial charge in [0.25, 0.3) is 11.8 Å². The first-order valence-corrected chi connectivity index (χ1v) is 9.98. The molecule has 0 bridgehead atoms. The molecule has 0 aliphatic carbocycles. The molecule has 29 heavy (non-hydrogen) atoms. The summed E-state index contributed by atoms with van der Waals surface area (Å²) in [7, 11) is 1.56. The Morgan fingerprint density at radius 2 is 1.59 bits per heavy atom. The number of nitrogens with zero attached hydrogens (tertiary/aromatic N) is 2. The van der Waals surface area contributed by atoms with Crippen LogP contribution in [0.1, 0.15) is 9.67 Å². The van der Waals surface area contributed by atoms with Gasteiger partial charge in [-0.15, -0.1) is 11.3 Å². The third kappa shape index (κ3) is 5.71. The number of carbonyl (C=O) groups excluding carboxylic acids is 3. The van der Waals surface area contributed by atoms with Gasteiger partial charge in [0.1, 0.15) is 11.5 Å². The van der Waals surface area contributed by atoms with Crippen LogP contribution in [0.3, 0.4) is 0 Å². The summed E-state index contributed by atoms with van der Waals surface area (Å²) < 4.78 is 15.4. The number of methoxy groups -OCH3 is 1. The molecule has 0 spiro atoms. The van der Waals surface area contributed by atoms with Crippen molar-refractivity contribution in [3.63, 3.8) is 0 Å². The zero-order valence-electron chi connectivity index (χ0n) is 16.0. The lowest BCUT2D eigenvalue weighted by Gasteiger charge is -2.34. The largest absolute Gasteiger partial charge is 0.497 e. The van der Waals surface area contributed by atoms with Gasteiger partial charge in [0.15, 0.2) is 13.2 Å². The lowest BCUT2D eigenvalue weighted by atomic mass is 10.3. The Morgan fingerprint density at radius 1 is 0.931 bits per heavy atom. The second kappa shape index (κ2) is 9.92. The van der Waals surface area contributed by atoms with Crippen LogP contribution in [0, 0.1) is 0 Å². The van der Waals surface area contributed by atoms with E-state index in [9.17, 15) is 14.4 Å². The molecule has 8 nitrogen and oxygen atoms in total. The molecule has 1 fully saturated rings. The first-order valence-electron chi connectivity index (χ1n) is 9.10. The summed E-state index contributed by atoms with van der Waals surface area (Å²) in [6, 6.07) is 10.4. The van der Waals surface area contributed by atoms with Crippen molar-refractivity contribution in [1.29, 1.82) is 0 Å². The van der Waals surface area contributed by atoms with Crippen LogP contribution < -0.4 is 9.47 Å². The van der Waals surface area contributed by atoms with Gasteiger partial charge >= 0.3 is 5.97 Å². The molecule has 0 atom stereocenters. The molecule has 0 radical (unpaired) electrons. The minimum atomic E-state index is -0.624. The normalized spacial score (nSPS) is 13.7. The molecule has 1 aromatic carbocycles. The summed E-state index contributed by atoms with van der Waals surface area (Å²) in [5, 5.41) is 1.86. The van der Waals surface area contributed by atoms with Crippen LogP contribution >= 0.6 is 11.3 Å². The van der Waals surface area contributed by atoms with Crippen molar-refractivity contribution in [3.8, 4) is 11.5 Å². The Morgan fingerprint density at radius 3 is 2.21 bits per heavy atom. The van der Waals surface area contributed by atoms with Gasteiger partial charge in [-0.2, -0.15) is 0 Å². The van der Waals surface area contributed by atoms with Crippen LogP contribution in [0.2, 0.25) is 0 Å². The Labute approximate surface area is 172 Å². The quantitative estimate of drug-likeness (QED) is 0.636. The van der Waals surface area contributed by atoms with E-state index in [4.69, 9.17) is 14.2 Å². The maximum absolute atomic E-state index is 12.3. The van der Waals surface area contributed by atoms with Gasteiger partial charge < -0.3 is 24.0 Å². The smallest absolute Gasteiger partial charge is 0.344 e. The van der Waals surface area contributed by atoms with Crippen LogP contribution in [0.25, 0.3) is 0 Å². The second-order valence-electron chi connectivity index (χ2n) is 6.28. The SMILES string of the molecule is COc1ccc(OCC(=O)OCC(=O)N2CCN(C(=O)c3cccs3)CC2)cc1. The summed E-state index contributed by atoms with van der Waals surface area (Å²) in [6.07, 6.45) is 0. The Kier molecular flexibility index (Phi) is 7.07. The van der Waals surface area contributed by atoms with E-state index in [1.54, 1.807) is 47.2 Å². The van der Waals surface area contributed by atoms with E-state index in [-0.39, 0.29) is 25.0 Å². The molecule has 1 aromatic heterocycles. The highest BCUT2D eigenvalue weighted by Crippen LogP contribution is 2.17. The van der Waals surface area contributed by atoms with Crippen molar-refractivity contribution in [2.24, 2.45) is 0 Å². The van der Waals surface area contributed by atoms with Gasteiger partial charge in [-0.1, -0.05) is 6.07 Å². The number of rotatable bonds is 7. The number of piperazine rings is 1. The monoisotopic (exact) mass is 418 g/mol. The van der Waals surface area contributed by atoms with Crippen molar-refractivity contribution in [3.05, 3.63) is 46.7 Å². The van der Waals surface area contributed by atoms with E-state index in [1.807, 2.05) is 11.4 Å². The van der Waals surface area contributed by atoms with E-state index in [2.05, 4.69) is 0 Å². The van der Waals surface area contributed by atoms with Gasteiger partial charge in [0, 0.05) is 26.2 Å². The van der Waals surface area contributed by atoms with E-state index in [0.717, 1.165) is 0 Å². The van der Waals surface area contributed by atoms with E-state index < -0.39 is 5.97 Å². The van der Waals surface area contributed by atoms with Crippen LogP contribution in [0.5, 0.6) is 11.5 Å². The number of hydrogen-bond acceptors (Lipinski definition) is 7. The first kappa shape index (κ1) is 20.7. The number of ether oxygens (including phenoxy) is 3. The molecule has 1 aliphatic heterocycles. The van der Waals surface area contributed by atoms with Crippen molar-refractivity contribution in [2.75, 3.05) is 46.5 Å². The lowest BCUT2D eigenvalue weighted by molar-refractivity contribution is -0.154. The molecule has 3 rings (SSSR count). The van der Waals surface area contributed by atoms with Gasteiger partial charge in [0.05, 0.1) is 12.0 Å². The predicted octanol–water partition coefficient (Wildman–Crippen LogP) is 1.66. The standard InChI is InChI=1S/C20H22N2O6S/c1-26-15-4-6-16(7-5-15)27-14-19(24)28-13-18(23)21-8-10-22(11-9-21)20(25)17-3-2-12-29-17/h2-7,12H,8-11,13-14H2,1H3. The minimum absolute atomic E-state index is 0.0193. The Balaban J connectivity index is 1.36. The van der Waals surface area contributed by atoms with E-state index in [0.29, 0.717) is 42.6 Å². The number of thiophene rings is 1. The van der Waals surface area contributed by atoms with E-state index >= 15 is 0 Å². The van der Waals surface area contributed by atoms with Crippen LogP contribution in [0.15, 0.2) is 41.8 Å². The Hall–Kier alpha value is -3.07. The van der Waals surface area contributed by atoms with Crippen molar-refractivity contribution < 1.29 is 28.6 Å². The van der Waals surface area contributed by atoms with Gasteiger partial charge in [-0.05, 0) is 35.7 Å². The summed E-state index contributed by atoms with van der Waals surface area (Å²) in [6.45, 7) is 1.10. The van der Waals surface area contributed by atoms with Crippen LogP contribution in [-0.2, 0) is 14.3 Å². The van der Waals surface area contributed by atoms with E-state index in [1.165, 1.54) is 11.3 Å². The summed E-state index contributed by atoms with van der Waals surface area (Å²) in [5.41, 5.74) is 0. The number of amides is 2. The van der Waals surface area contributed by atoms with Crippen LogP contribution in [-0.4, -0.2) is 74.1 Å². The summed E-state index contributed by atoms with van der Waals surface area (Å²) in [4.78, 5) is 40.4. The van der Waals surface area contributed by atoms with Gasteiger partial charge in [0.2, 0.25) is 0 Å². The number of esters is 1. The molecular weight excluding hydrogens is 396 g/mol. The molecule has 9 heteroatoms. The second-order valence-corrected chi connectivity index (χ2v) is 7.22. The highest BCUT2D eigenvalue weighted by atomic mass is 32.1. The van der Waals surface area contributed by atoms with Crippen molar-refractivity contribution in [2.45, 2.75) is 0 Å². The maximum Gasteiger partial charge on any atom is 0.344 e. The van der Waals surface area contributed by atoms with Crippen molar-refractivity contribution >= 4 is 29.1 Å². The highest BCUT2D eigenvalue weighted by Gasteiger charge is 2.25. The fourth-order valence-corrected chi connectivity index (χ4v) is 3.50. The zero-order chi connectivity index (χ0) is 20.6. The molecule has 0 N–H and O–H groups in total. The summed E-state index contributed by atoms with van der Waals surface area (Å²) >= 11 is 1.40. The van der Waals surface area contributed by atoms with Crippen molar-refractivity contribution in [1.82, 2.24) is 9.80 Å². The topological polar surface area (TPSA) is 85.4 Å². The van der Waals surface area contributed by atoms with Gasteiger partial charge in [-0.3, -0.25) is 9.59 Å².